The van der Waals surface area contributed by atoms with Crippen LogP contribution in [0.5, 0.6) is 0 Å². The van der Waals surface area contributed by atoms with Crippen LogP contribution in [0, 0.1) is 12.7 Å². The number of benzene rings is 1. The van der Waals surface area contributed by atoms with Gasteiger partial charge in [-0.2, -0.15) is 0 Å². The molecule has 2 aromatic rings. The van der Waals surface area contributed by atoms with Crippen molar-refractivity contribution in [1.29, 1.82) is 0 Å². The van der Waals surface area contributed by atoms with Gasteiger partial charge in [0.15, 0.2) is 0 Å². The van der Waals surface area contributed by atoms with Crippen molar-refractivity contribution >= 4 is 5.82 Å². The zero-order valence-corrected chi connectivity index (χ0v) is 11.5. The summed E-state index contributed by atoms with van der Waals surface area (Å²) in [4.78, 5) is 8.50. The Morgan fingerprint density at radius 3 is 2.74 bits per heavy atom. The number of halogens is 1. The Bertz CT molecular complexity index is 582. The molecule has 0 saturated heterocycles. The first-order valence-electron chi connectivity index (χ1n) is 6.45. The standard InChI is InChI=1S/C15H18FN3/c1-4-5-11-14(18-9-19-15(11)17-3)12-8-10(2)6-7-13(12)16/h6-9H,4-5H2,1-3H3,(H,17,18,19). The Kier molecular flexibility index (Phi) is 4.10. The molecular formula is C15H18FN3. The first kappa shape index (κ1) is 13.5. The third-order valence-corrected chi connectivity index (χ3v) is 3.06. The lowest BCUT2D eigenvalue weighted by Gasteiger charge is -2.13. The van der Waals surface area contributed by atoms with Crippen LogP contribution >= 0.6 is 0 Å². The van der Waals surface area contributed by atoms with Crippen molar-refractivity contribution in [3.8, 4) is 11.3 Å². The van der Waals surface area contributed by atoms with Gasteiger partial charge in [-0.05, 0) is 25.5 Å². The number of aromatic nitrogens is 2. The monoisotopic (exact) mass is 259 g/mol. The molecule has 0 aliphatic rings. The van der Waals surface area contributed by atoms with E-state index >= 15 is 0 Å². The van der Waals surface area contributed by atoms with Gasteiger partial charge in [-0.15, -0.1) is 0 Å². The molecule has 19 heavy (non-hydrogen) atoms. The van der Waals surface area contributed by atoms with Gasteiger partial charge in [-0.3, -0.25) is 0 Å². The lowest BCUT2D eigenvalue weighted by Crippen LogP contribution is -2.04. The summed E-state index contributed by atoms with van der Waals surface area (Å²) >= 11 is 0. The van der Waals surface area contributed by atoms with E-state index in [0.717, 1.165) is 29.8 Å². The van der Waals surface area contributed by atoms with E-state index in [0.29, 0.717) is 11.3 Å². The molecule has 0 saturated carbocycles. The molecule has 2 rings (SSSR count). The van der Waals surface area contributed by atoms with E-state index in [4.69, 9.17) is 0 Å². The number of anilines is 1. The molecular weight excluding hydrogens is 241 g/mol. The minimum Gasteiger partial charge on any atom is -0.373 e. The number of nitrogens with one attached hydrogen (secondary N) is 1. The molecule has 0 fully saturated rings. The van der Waals surface area contributed by atoms with Crippen molar-refractivity contribution < 1.29 is 4.39 Å². The fraction of sp³-hybridized carbons (Fsp3) is 0.333. The highest BCUT2D eigenvalue weighted by atomic mass is 19.1. The molecule has 1 aromatic carbocycles. The van der Waals surface area contributed by atoms with E-state index < -0.39 is 0 Å². The van der Waals surface area contributed by atoms with Gasteiger partial charge in [-0.1, -0.05) is 25.0 Å². The van der Waals surface area contributed by atoms with Crippen LogP contribution < -0.4 is 5.32 Å². The van der Waals surface area contributed by atoms with E-state index in [1.807, 2.05) is 20.0 Å². The third kappa shape index (κ3) is 2.72. The minimum atomic E-state index is -0.247. The van der Waals surface area contributed by atoms with Gasteiger partial charge < -0.3 is 5.32 Å². The zero-order valence-electron chi connectivity index (χ0n) is 11.5. The van der Waals surface area contributed by atoms with Gasteiger partial charge in [0, 0.05) is 18.2 Å². The van der Waals surface area contributed by atoms with E-state index in [-0.39, 0.29) is 5.82 Å². The predicted octanol–water partition coefficient (Wildman–Crippen LogP) is 3.59. The van der Waals surface area contributed by atoms with E-state index in [2.05, 4.69) is 22.2 Å². The molecule has 4 heteroatoms. The average Bonchev–Trinajstić information content (AvgIpc) is 2.42. The Hall–Kier alpha value is -1.97. The summed E-state index contributed by atoms with van der Waals surface area (Å²) in [6.07, 6.45) is 3.25. The molecule has 0 radical (unpaired) electrons. The van der Waals surface area contributed by atoms with Gasteiger partial charge >= 0.3 is 0 Å². The predicted molar refractivity (Wildman–Crippen MR) is 75.7 cm³/mol. The summed E-state index contributed by atoms with van der Waals surface area (Å²) < 4.78 is 14.0. The molecule has 0 spiro atoms. The topological polar surface area (TPSA) is 37.8 Å². The molecule has 0 amide bonds. The minimum absolute atomic E-state index is 0.247. The second kappa shape index (κ2) is 5.78. The van der Waals surface area contributed by atoms with Crippen molar-refractivity contribution in [1.82, 2.24) is 9.97 Å². The molecule has 1 heterocycles. The quantitative estimate of drug-likeness (QED) is 0.911. The molecule has 3 nitrogen and oxygen atoms in total. The lowest BCUT2D eigenvalue weighted by molar-refractivity contribution is 0.630. The first-order chi connectivity index (χ1) is 9.17. The maximum atomic E-state index is 14.0. The Morgan fingerprint density at radius 2 is 2.05 bits per heavy atom. The van der Waals surface area contributed by atoms with Gasteiger partial charge in [0.1, 0.15) is 18.0 Å². The van der Waals surface area contributed by atoms with Crippen LogP contribution in [0.2, 0.25) is 0 Å². The average molecular weight is 259 g/mol. The van der Waals surface area contributed by atoms with Crippen LogP contribution in [0.1, 0.15) is 24.5 Å². The highest BCUT2D eigenvalue weighted by Gasteiger charge is 2.15. The molecule has 100 valence electrons. The van der Waals surface area contributed by atoms with Gasteiger partial charge in [0.05, 0.1) is 5.69 Å². The van der Waals surface area contributed by atoms with Crippen molar-refractivity contribution in [2.75, 3.05) is 12.4 Å². The van der Waals surface area contributed by atoms with Crippen LogP contribution in [-0.4, -0.2) is 17.0 Å². The molecule has 0 unspecified atom stereocenters. The van der Waals surface area contributed by atoms with E-state index in [1.54, 1.807) is 6.07 Å². The summed E-state index contributed by atoms with van der Waals surface area (Å²) in [5, 5.41) is 3.05. The van der Waals surface area contributed by atoms with Gasteiger partial charge in [0.2, 0.25) is 0 Å². The van der Waals surface area contributed by atoms with Crippen molar-refractivity contribution in [3.63, 3.8) is 0 Å². The van der Waals surface area contributed by atoms with Crippen LogP contribution in [0.15, 0.2) is 24.5 Å². The van der Waals surface area contributed by atoms with Crippen LogP contribution in [0.4, 0.5) is 10.2 Å². The Balaban J connectivity index is 2.63. The summed E-state index contributed by atoms with van der Waals surface area (Å²) in [5.41, 5.74) is 3.21. The maximum absolute atomic E-state index is 14.0. The molecule has 0 atom stereocenters. The summed E-state index contributed by atoms with van der Waals surface area (Å²) in [6, 6.07) is 5.08. The molecule has 1 N–H and O–H groups in total. The number of hydrogen-bond donors (Lipinski definition) is 1. The second-order valence-corrected chi connectivity index (χ2v) is 4.53. The fourth-order valence-electron chi connectivity index (χ4n) is 2.17. The molecule has 1 aromatic heterocycles. The second-order valence-electron chi connectivity index (χ2n) is 4.53. The zero-order chi connectivity index (χ0) is 13.8. The largest absolute Gasteiger partial charge is 0.373 e. The molecule has 0 aliphatic heterocycles. The summed E-state index contributed by atoms with van der Waals surface area (Å²) in [7, 11) is 1.82. The smallest absolute Gasteiger partial charge is 0.132 e. The molecule has 0 aliphatic carbocycles. The van der Waals surface area contributed by atoms with Crippen LogP contribution in [0.25, 0.3) is 11.3 Å². The fourth-order valence-corrected chi connectivity index (χ4v) is 2.17. The van der Waals surface area contributed by atoms with E-state index in [1.165, 1.54) is 12.4 Å². The lowest BCUT2D eigenvalue weighted by atomic mass is 10.0. The van der Waals surface area contributed by atoms with Crippen molar-refractivity contribution in [2.45, 2.75) is 26.7 Å². The van der Waals surface area contributed by atoms with Gasteiger partial charge in [-0.25, -0.2) is 14.4 Å². The van der Waals surface area contributed by atoms with Crippen molar-refractivity contribution in [2.24, 2.45) is 0 Å². The molecule has 0 bridgehead atoms. The first-order valence-corrected chi connectivity index (χ1v) is 6.45. The number of nitrogens with zero attached hydrogens (tertiary/aromatic N) is 2. The third-order valence-electron chi connectivity index (χ3n) is 3.06. The Morgan fingerprint density at radius 1 is 1.26 bits per heavy atom. The number of rotatable bonds is 4. The number of aryl methyl sites for hydroxylation is 1. The Labute approximate surface area is 112 Å². The van der Waals surface area contributed by atoms with Gasteiger partial charge in [0.25, 0.3) is 0 Å². The summed E-state index contributed by atoms with van der Waals surface area (Å²) in [6.45, 7) is 4.03. The highest BCUT2D eigenvalue weighted by Crippen LogP contribution is 2.29. The normalized spacial score (nSPS) is 10.5. The number of hydrogen-bond acceptors (Lipinski definition) is 3. The summed E-state index contributed by atoms with van der Waals surface area (Å²) in [5.74, 6) is 0.525. The maximum Gasteiger partial charge on any atom is 0.132 e. The SMILES string of the molecule is CCCc1c(NC)ncnc1-c1cc(C)ccc1F. The van der Waals surface area contributed by atoms with E-state index in [9.17, 15) is 4.39 Å². The van der Waals surface area contributed by atoms with Crippen LogP contribution in [0.3, 0.4) is 0 Å². The van der Waals surface area contributed by atoms with Crippen LogP contribution in [-0.2, 0) is 6.42 Å². The van der Waals surface area contributed by atoms with Crippen molar-refractivity contribution in [3.05, 3.63) is 41.5 Å². The highest BCUT2D eigenvalue weighted by molar-refractivity contribution is 5.69.